The normalized spacial score (nSPS) is 18.7. The molecule has 16 heavy (non-hydrogen) atoms. The molecule has 1 aliphatic rings. The molecule has 0 amide bonds. The summed E-state index contributed by atoms with van der Waals surface area (Å²) in [7, 11) is 0. The highest BCUT2D eigenvalue weighted by atomic mass is 19.4. The SMILES string of the molecule is FC(F)(F)c1ccccc1C1CC[CH]CC1. The van der Waals surface area contributed by atoms with Crippen LogP contribution in [0.25, 0.3) is 0 Å². The molecule has 1 saturated carbocycles. The molecular weight excluding hydrogens is 213 g/mol. The van der Waals surface area contributed by atoms with E-state index in [1.165, 1.54) is 12.1 Å². The Bertz CT molecular complexity index is 348. The van der Waals surface area contributed by atoms with Gasteiger partial charge in [-0.25, -0.2) is 0 Å². The van der Waals surface area contributed by atoms with Crippen molar-refractivity contribution in [1.29, 1.82) is 0 Å². The molecule has 0 saturated heterocycles. The number of halogens is 3. The second kappa shape index (κ2) is 4.48. The van der Waals surface area contributed by atoms with Gasteiger partial charge in [-0.1, -0.05) is 18.2 Å². The van der Waals surface area contributed by atoms with Crippen molar-refractivity contribution in [2.45, 2.75) is 37.8 Å². The van der Waals surface area contributed by atoms with Crippen LogP contribution < -0.4 is 0 Å². The molecule has 0 N–H and O–H groups in total. The van der Waals surface area contributed by atoms with E-state index in [-0.39, 0.29) is 5.92 Å². The van der Waals surface area contributed by atoms with Gasteiger partial charge in [-0.05, 0) is 49.7 Å². The summed E-state index contributed by atoms with van der Waals surface area (Å²) in [6.07, 6.45) is 1.47. The largest absolute Gasteiger partial charge is 0.416 e. The van der Waals surface area contributed by atoms with Crippen molar-refractivity contribution in [1.82, 2.24) is 0 Å². The standard InChI is InChI=1S/C13H14F3/c14-13(15,16)12-9-5-4-8-11(12)10-6-2-1-3-7-10/h1,4-5,8-10H,2-3,6-7H2. The van der Waals surface area contributed by atoms with Crippen molar-refractivity contribution in [2.75, 3.05) is 0 Å². The monoisotopic (exact) mass is 227 g/mol. The van der Waals surface area contributed by atoms with Crippen LogP contribution in [0.4, 0.5) is 13.2 Å². The van der Waals surface area contributed by atoms with Gasteiger partial charge in [0.25, 0.3) is 0 Å². The molecule has 1 fully saturated rings. The smallest absolute Gasteiger partial charge is 0.166 e. The molecule has 0 nitrogen and oxygen atoms in total. The lowest BCUT2D eigenvalue weighted by Crippen LogP contribution is -2.14. The van der Waals surface area contributed by atoms with E-state index in [0.717, 1.165) is 25.7 Å². The lowest BCUT2D eigenvalue weighted by atomic mass is 9.82. The van der Waals surface area contributed by atoms with Gasteiger partial charge in [0.15, 0.2) is 0 Å². The van der Waals surface area contributed by atoms with E-state index >= 15 is 0 Å². The van der Waals surface area contributed by atoms with Gasteiger partial charge in [0.1, 0.15) is 0 Å². The van der Waals surface area contributed by atoms with Crippen LogP contribution >= 0.6 is 0 Å². The minimum absolute atomic E-state index is 0.0721. The minimum Gasteiger partial charge on any atom is -0.166 e. The van der Waals surface area contributed by atoms with Gasteiger partial charge in [-0.15, -0.1) is 0 Å². The van der Waals surface area contributed by atoms with Gasteiger partial charge in [0.05, 0.1) is 5.56 Å². The van der Waals surface area contributed by atoms with Crippen molar-refractivity contribution in [3.63, 3.8) is 0 Å². The topological polar surface area (TPSA) is 0 Å². The van der Waals surface area contributed by atoms with Crippen molar-refractivity contribution in [2.24, 2.45) is 0 Å². The molecule has 1 aromatic carbocycles. The summed E-state index contributed by atoms with van der Waals surface area (Å²) < 4.78 is 38.4. The number of hydrogen-bond acceptors (Lipinski definition) is 0. The maximum atomic E-state index is 12.8. The van der Waals surface area contributed by atoms with E-state index in [4.69, 9.17) is 0 Å². The summed E-state index contributed by atoms with van der Waals surface area (Å²) >= 11 is 0. The maximum absolute atomic E-state index is 12.8. The summed E-state index contributed by atoms with van der Waals surface area (Å²) in [5.41, 5.74) is 0.0185. The molecule has 0 aromatic heterocycles. The Balaban J connectivity index is 2.32. The zero-order chi connectivity index (χ0) is 11.6. The highest BCUT2D eigenvalue weighted by Gasteiger charge is 2.34. The maximum Gasteiger partial charge on any atom is 0.416 e. The number of alkyl halides is 3. The zero-order valence-electron chi connectivity index (χ0n) is 8.93. The predicted molar refractivity (Wildman–Crippen MR) is 57.0 cm³/mol. The van der Waals surface area contributed by atoms with Crippen molar-refractivity contribution in [3.05, 3.63) is 41.8 Å². The fourth-order valence-corrected chi connectivity index (χ4v) is 2.35. The first-order valence-electron chi connectivity index (χ1n) is 5.57. The molecule has 0 unspecified atom stereocenters. The molecule has 0 aliphatic heterocycles. The Labute approximate surface area is 93.5 Å². The number of rotatable bonds is 1. The van der Waals surface area contributed by atoms with Gasteiger partial charge < -0.3 is 0 Å². The van der Waals surface area contributed by atoms with E-state index in [1.807, 2.05) is 0 Å². The molecule has 3 heteroatoms. The Morgan fingerprint density at radius 3 is 2.25 bits per heavy atom. The number of hydrogen-bond donors (Lipinski definition) is 0. The van der Waals surface area contributed by atoms with Gasteiger partial charge >= 0.3 is 6.18 Å². The first-order valence-corrected chi connectivity index (χ1v) is 5.57. The van der Waals surface area contributed by atoms with Gasteiger partial charge in [-0.2, -0.15) is 13.2 Å². The van der Waals surface area contributed by atoms with Gasteiger partial charge in [-0.3, -0.25) is 0 Å². The van der Waals surface area contributed by atoms with Crippen molar-refractivity contribution >= 4 is 0 Å². The van der Waals surface area contributed by atoms with E-state index in [2.05, 4.69) is 6.42 Å². The zero-order valence-corrected chi connectivity index (χ0v) is 8.93. The quantitative estimate of drug-likeness (QED) is 0.659. The average molecular weight is 227 g/mol. The van der Waals surface area contributed by atoms with Crippen LogP contribution in [0.5, 0.6) is 0 Å². The third-order valence-electron chi connectivity index (χ3n) is 3.14. The fourth-order valence-electron chi connectivity index (χ4n) is 2.35. The van der Waals surface area contributed by atoms with E-state index in [9.17, 15) is 13.2 Å². The molecule has 0 atom stereocenters. The van der Waals surface area contributed by atoms with Gasteiger partial charge in [0, 0.05) is 0 Å². The van der Waals surface area contributed by atoms with Crippen molar-refractivity contribution in [3.8, 4) is 0 Å². The highest BCUT2D eigenvalue weighted by Crippen LogP contribution is 2.40. The Kier molecular flexibility index (Phi) is 3.22. The van der Waals surface area contributed by atoms with Crippen LogP contribution in [0.2, 0.25) is 0 Å². The summed E-state index contributed by atoms with van der Waals surface area (Å²) in [5.74, 6) is 0.0721. The first kappa shape index (κ1) is 11.5. The Hall–Kier alpha value is -0.990. The van der Waals surface area contributed by atoms with Crippen LogP contribution in [0, 0.1) is 6.42 Å². The molecule has 1 aromatic rings. The van der Waals surface area contributed by atoms with E-state index in [1.54, 1.807) is 12.1 Å². The summed E-state index contributed by atoms with van der Waals surface area (Å²) in [5, 5.41) is 0. The Morgan fingerprint density at radius 1 is 1.00 bits per heavy atom. The minimum atomic E-state index is -4.22. The molecule has 1 aliphatic carbocycles. The fraction of sp³-hybridized carbons (Fsp3) is 0.462. The molecule has 1 radical (unpaired) electrons. The molecule has 2 rings (SSSR count). The molecule has 87 valence electrons. The summed E-state index contributed by atoms with van der Waals surface area (Å²) in [6.45, 7) is 0. The highest BCUT2D eigenvalue weighted by molar-refractivity contribution is 5.33. The third kappa shape index (κ3) is 2.39. The average Bonchev–Trinajstić information content (AvgIpc) is 2.29. The van der Waals surface area contributed by atoms with Crippen LogP contribution in [-0.4, -0.2) is 0 Å². The van der Waals surface area contributed by atoms with Crippen LogP contribution in [0.15, 0.2) is 24.3 Å². The summed E-state index contributed by atoms with van der Waals surface area (Å²) in [4.78, 5) is 0. The number of benzene rings is 1. The summed E-state index contributed by atoms with van der Waals surface area (Å²) in [6, 6.07) is 5.97. The van der Waals surface area contributed by atoms with Crippen LogP contribution in [0.3, 0.4) is 0 Å². The second-order valence-electron chi connectivity index (χ2n) is 4.23. The lowest BCUT2D eigenvalue weighted by molar-refractivity contribution is -0.138. The van der Waals surface area contributed by atoms with E-state index in [0.29, 0.717) is 5.56 Å². The molecule has 0 bridgehead atoms. The first-order chi connectivity index (χ1) is 7.59. The third-order valence-corrected chi connectivity index (χ3v) is 3.14. The molecular formula is C13H14F3. The Morgan fingerprint density at radius 2 is 1.62 bits per heavy atom. The molecule has 0 heterocycles. The lowest BCUT2D eigenvalue weighted by Gasteiger charge is -2.24. The van der Waals surface area contributed by atoms with Crippen LogP contribution in [0.1, 0.15) is 42.7 Å². The van der Waals surface area contributed by atoms with Gasteiger partial charge in [0.2, 0.25) is 0 Å². The second-order valence-corrected chi connectivity index (χ2v) is 4.23. The van der Waals surface area contributed by atoms with Crippen molar-refractivity contribution < 1.29 is 13.2 Å². The van der Waals surface area contributed by atoms with Crippen LogP contribution in [-0.2, 0) is 6.18 Å². The predicted octanol–water partition coefficient (Wildman–Crippen LogP) is 4.57. The van der Waals surface area contributed by atoms with E-state index < -0.39 is 11.7 Å². The molecule has 0 spiro atoms.